The molecule has 2 nitrogen and oxygen atoms in total. The van der Waals surface area contributed by atoms with Gasteiger partial charge >= 0.3 is 0 Å². The molecule has 0 amide bonds. The maximum Gasteiger partial charge on any atom is 0.128 e. The van der Waals surface area contributed by atoms with Gasteiger partial charge in [-0.3, -0.25) is 0 Å². The first kappa shape index (κ1) is 14.8. The molecule has 0 atom stereocenters. The molecule has 0 spiro atoms. The van der Waals surface area contributed by atoms with Crippen LogP contribution in [0, 0.1) is 13.8 Å². The summed E-state index contributed by atoms with van der Waals surface area (Å²) in [5.74, 6) is 1.80. The number of hydrogen-bond donors (Lipinski definition) is 0. The van der Waals surface area contributed by atoms with Gasteiger partial charge in [-0.05, 0) is 48.2 Å². The second-order valence-electron chi connectivity index (χ2n) is 6.29. The summed E-state index contributed by atoms with van der Waals surface area (Å²) in [6, 6.07) is 20.8. The molecule has 2 aliphatic heterocycles. The molecule has 0 saturated carbocycles. The SMILES string of the molecule is Cc1cccc2c1-c1c(C)cccc1OCc1ccc(cc1)CO2. The van der Waals surface area contributed by atoms with Crippen molar-refractivity contribution in [3.8, 4) is 22.6 Å². The molecule has 2 heteroatoms. The Labute approximate surface area is 142 Å². The van der Waals surface area contributed by atoms with Gasteiger partial charge in [0.1, 0.15) is 24.7 Å². The van der Waals surface area contributed by atoms with Gasteiger partial charge in [0, 0.05) is 11.1 Å². The van der Waals surface area contributed by atoms with Crippen LogP contribution in [0.4, 0.5) is 0 Å². The van der Waals surface area contributed by atoms with E-state index in [0.29, 0.717) is 13.2 Å². The van der Waals surface area contributed by atoms with E-state index < -0.39 is 0 Å². The first-order valence-corrected chi connectivity index (χ1v) is 8.25. The maximum atomic E-state index is 6.18. The molecule has 24 heavy (non-hydrogen) atoms. The minimum absolute atomic E-state index is 0.568. The van der Waals surface area contributed by atoms with E-state index >= 15 is 0 Å². The summed E-state index contributed by atoms with van der Waals surface area (Å²) in [7, 11) is 0. The lowest BCUT2D eigenvalue weighted by molar-refractivity contribution is 0.299. The van der Waals surface area contributed by atoms with Crippen LogP contribution >= 0.6 is 0 Å². The predicted octanol–water partition coefficient (Wildman–Crippen LogP) is 5.44. The van der Waals surface area contributed by atoms with Crippen molar-refractivity contribution in [1.29, 1.82) is 0 Å². The molecule has 0 N–H and O–H groups in total. The molecule has 0 unspecified atom stereocenters. The van der Waals surface area contributed by atoms with Crippen LogP contribution < -0.4 is 9.47 Å². The summed E-state index contributed by atoms with van der Waals surface area (Å²) >= 11 is 0. The molecule has 0 saturated heterocycles. The van der Waals surface area contributed by atoms with E-state index in [4.69, 9.17) is 9.47 Å². The summed E-state index contributed by atoms with van der Waals surface area (Å²) in [5.41, 5.74) is 6.96. The Kier molecular flexibility index (Phi) is 3.73. The molecule has 0 aliphatic carbocycles. The van der Waals surface area contributed by atoms with Crippen molar-refractivity contribution in [1.82, 2.24) is 0 Å². The highest BCUT2D eigenvalue weighted by Gasteiger charge is 2.17. The topological polar surface area (TPSA) is 18.5 Å². The highest BCUT2D eigenvalue weighted by molar-refractivity contribution is 5.81. The summed E-state index contributed by atoms with van der Waals surface area (Å²) in [4.78, 5) is 0. The number of benzene rings is 3. The fraction of sp³-hybridized carbons (Fsp3) is 0.182. The van der Waals surface area contributed by atoms with Crippen LogP contribution in [0.15, 0.2) is 60.7 Å². The van der Waals surface area contributed by atoms with Crippen molar-refractivity contribution in [2.24, 2.45) is 0 Å². The Bertz CT molecular complexity index is 804. The summed E-state index contributed by atoms with van der Waals surface area (Å²) in [6.45, 7) is 5.38. The predicted molar refractivity (Wildman–Crippen MR) is 96.5 cm³/mol. The Morgan fingerprint density at radius 1 is 0.583 bits per heavy atom. The van der Waals surface area contributed by atoms with Crippen molar-refractivity contribution >= 4 is 0 Å². The highest BCUT2D eigenvalue weighted by Crippen LogP contribution is 2.41. The molecule has 0 aromatic heterocycles. The Hall–Kier alpha value is -2.74. The van der Waals surface area contributed by atoms with Crippen LogP contribution in [-0.4, -0.2) is 0 Å². The van der Waals surface area contributed by atoms with E-state index in [1.807, 2.05) is 24.3 Å². The van der Waals surface area contributed by atoms with Crippen LogP contribution in [0.2, 0.25) is 0 Å². The molecule has 3 aromatic carbocycles. The smallest absolute Gasteiger partial charge is 0.128 e. The number of ether oxygens (including phenoxy) is 2. The maximum absolute atomic E-state index is 6.18. The van der Waals surface area contributed by atoms with E-state index in [2.05, 4.69) is 50.2 Å². The van der Waals surface area contributed by atoms with Gasteiger partial charge in [0.25, 0.3) is 0 Å². The molecular formula is C22H20O2. The monoisotopic (exact) mass is 316 g/mol. The first-order chi connectivity index (χ1) is 11.7. The number of fused-ring (bicyclic) bond motifs is 4. The Morgan fingerprint density at radius 3 is 1.42 bits per heavy atom. The second kappa shape index (κ2) is 6.04. The minimum atomic E-state index is 0.568. The first-order valence-electron chi connectivity index (χ1n) is 8.25. The third kappa shape index (κ3) is 2.65. The molecule has 2 bridgehead atoms. The fourth-order valence-electron chi connectivity index (χ4n) is 3.22. The Morgan fingerprint density at radius 2 is 1.00 bits per heavy atom. The second-order valence-corrected chi connectivity index (χ2v) is 6.29. The zero-order valence-corrected chi connectivity index (χ0v) is 14.0. The zero-order valence-electron chi connectivity index (χ0n) is 14.0. The van der Waals surface area contributed by atoms with Gasteiger partial charge in [0.15, 0.2) is 0 Å². The van der Waals surface area contributed by atoms with Crippen molar-refractivity contribution in [2.75, 3.05) is 0 Å². The summed E-state index contributed by atoms with van der Waals surface area (Å²) < 4.78 is 12.4. The fourth-order valence-corrected chi connectivity index (χ4v) is 3.22. The Balaban J connectivity index is 1.94. The highest BCUT2D eigenvalue weighted by atomic mass is 16.5. The van der Waals surface area contributed by atoms with Crippen LogP contribution in [0.1, 0.15) is 22.3 Å². The van der Waals surface area contributed by atoms with Gasteiger partial charge in [-0.2, -0.15) is 0 Å². The molecule has 2 heterocycles. The third-order valence-electron chi connectivity index (χ3n) is 4.53. The van der Waals surface area contributed by atoms with E-state index in [1.54, 1.807) is 0 Å². The molecule has 120 valence electrons. The average Bonchev–Trinajstić information content (AvgIpc) is 2.59. The summed E-state index contributed by atoms with van der Waals surface area (Å²) in [5, 5.41) is 0. The third-order valence-corrected chi connectivity index (χ3v) is 4.53. The standard InChI is InChI=1S/C22H20O2/c1-15-5-3-7-19-21(15)22-16(2)6-4-8-20(22)24-14-18-11-9-17(10-12-18)13-23-19/h3-12H,13-14H2,1-2H3. The molecular weight excluding hydrogens is 296 g/mol. The average molecular weight is 316 g/mol. The van der Waals surface area contributed by atoms with Gasteiger partial charge < -0.3 is 9.47 Å². The van der Waals surface area contributed by atoms with Crippen molar-refractivity contribution < 1.29 is 9.47 Å². The van der Waals surface area contributed by atoms with Gasteiger partial charge in [-0.15, -0.1) is 0 Å². The van der Waals surface area contributed by atoms with Crippen LogP contribution in [0.3, 0.4) is 0 Å². The summed E-state index contributed by atoms with van der Waals surface area (Å²) in [6.07, 6.45) is 0. The molecule has 0 fully saturated rings. The number of rotatable bonds is 0. The van der Waals surface area contributed by atoms with E-state index in [1.165, 1.54) is 11.1 Å². The van der Waals surface area contributed by atoms with Crippen LogP contribution in [-0.2, 0) is 13.2 Å². The van der Waals surface area contributed by atoms with Gasteiger partial charge in [-0.25, -0.2) is 0 Å². The van der Waals surface area contributed by atoms with Crippen LogP contribution in [0.5, 0.6) is 11.5 Å². The van der Waals surface area contributed by atoms with Crippen molar-refractivity contribution in [3.63, 3.8) is 0 Å². The normalized spacial score (nSPS) is 12.9. The minimum Gasteiger partial charge on any atom is -0.488 e. The van der Waals surface area contributed by atoms with Crippen LogP contribution in [0.25, 0.3) is 11.1 Å². The van der Waals surface area contributed by atoms with E-state index in [-0.39, 0.29) is 0 Å². The van der Waals surface area contributed by atoms with Crippen molar-refractivity contribution in [2.45, 2.75) is 27.1 Å². The van der Waals surface area contributed by atoms with Crippen molar-refractivity contribution in [3.05, 3.63) is 82.9 Å². The molecule has 3 aromatic rings. The number of hydrogen-bond acceptors (Lipinski definition) is 2. The lowest BCUT2D eigenvalue weighted by atomic mass is 9.94. The van der Waals surface area contributed by atoms with Gasteiger partial charge in [0.2, 0.25) is 0 Å². The lowest BCUT2D eigenvalue weighted by Crippen LogP contribution is -2.04. The quantitative estimate of drug-likeness (QED) is 0.549. The van der Waals surface area contributed by atoms with Gasteiger partial charge in [-0.1, -0.05) is 48.5 Å². The molecule has 2 aliphatic rings. The molecule has 0 radical (unpaired) electrons. The zero-order chi connectivity index (χ0) is 16.5. The van der Waals surface area contributed by atoms with Gasteiger partial charge in [0.05, 0.1) is 0 Å². The van der Waals surface area contributed by atoms with E-state index in [0.717, 1.165) is 33.8 Å². The van der Waals surface area contributed by atoms with E-state index in [9.17, 15) is 0 Å². The largest absolute Gasteiger partial charge is 0.488 e. The lowest BCUT2D eigenvalue weighted by Gasteiger charge is -2.20. The molecule has 5 rings (SSSR count). The number of aryl methyl sites for hydroxylation is 2.